The van der Waals surface area contributed by atoms with E-state index in [0.29, 0.717) is 10.0 Å². The van der Waals surface area contributed by atoms with Crippen LogP contribution in [0.15, 0.2) is 34.9 Å². The first-order valence-corrected chi connectivity index (χ1v) is 5.12. The van der Waals surface area contributed by atoms with E-state index in [1.165, 1.54) is 12.1 Å². The largest absolute Gasteiger partial charge is 0.478 e. The summed E-state index contributed by atoms with van der Waals surface area (Å²) in [4.78, 5) is 20.4. The van der Waals surface area contributed by atoms with Gasteiger partial charge in [0.05, 0.1) is 10.5 Å². The molecule has 0 atom stereocenters. The lowest BCUT2D eigenvalue weighted by atomic mass is 10.0. The lowest BCUT2D eigenvalue weighted by Crippen LogP contribution is -2.01. The highest BCUT2D eigenvalue weighted by Gasteiger charge is 2.09. The number of hydrogen-bond donors (Lipinski definition) is 1. The molecule has 16 heavy (non-hydrogen) atoms. The first kappa shape index (κ1) is 12.4. The van der Waals surface area contributed by atoms with Gasteiger partial charge in [0, 0.05) is 4.47 Å². The standard InChI is InChI=1S/C10H8BrNO4/c11-8-4-3-7(2-1-5-12(15)16)9(6-8)10(13)14/h1,3-6H,2H2,(H,13,14)/b5-1+. The zero-order chi connectivity index (χ0) is 12.1. The van der Waals surface area contributed by atoms with Gasteiger partial charge in [0.1, 0.15) is 0 Å². The molecule has 5 nitrogen and oxygen atoms in total. The smallest absolute Gasteiger partial charge is 0.336 e. The van der Waals surface area contributed by atoms with Gasteiger partial charge in [-0.3, -0.25) is 10.1 Å². The predicted octanol–water partition coefficient (Wildman–Crippen LogP) is 2.48. The number of nitrogens with zero attached hydrogens (tertiary/aromatic N) is 1. The summed E-state index contributed by atoms with van der Waals surface area (Å²) in [5.41, 5.74) is 0.677. The molecule has 0 aliphatic rings. The molecule has 0 unspecified atom stereocenters. The number of halogens is 1. The van der Waals surface area contributed by atoms with Crippen LogP contribution in [0.5, 0.6) is 0 Å². The molecule has 0 spiro atoms. The Morgan fingerprint density at radius 1 is 1.56 bits per heavy atom. The van der Waals surface area contributed by atoms with Crippen molar-refractivity contribution in [1.29, 1.82) is 0 Å². The van der Waals surface area contributed by atoms with Crippen molar-refractivity contribution in [3.05, 3.63) is 56.2 Å². The number of hydrogen-bond acceptors (Lipinski definition) is 3. The number of aromatic carboxylic acids is 1. The molecule has 0 amide bonds. The number of nitro groups is 1. The van der Waals surface area contributed by atoms with Crippen LogP contribution in [0.3, 0.4) is 0 Å². The van der Waals surface area contributed by atoms with Crippen molar-refractivity contribution in [2.45, 2.75) is 6.42 Å². The normalized spacial score (nSPS) is 10.6. The molecule has 0 aliphatic heterocycles. The van der Waals surface area contributed by atoms with Crippen LogP contribution in [0, 0.1) is 10.1 Å². The van der Waals surface area contributed by atoms with Crippen molar-refractivity contribution >= 4 is 21.9 Å². The summed E-state index contributed by atoms with van der Waals surface area (Å²) < 4.78 is 0.659. The van der Waals surface area contributed by atoms with E-state index in [1.54, 1.807) is 12.1 Å². The van der Waals surface area contributed by atoms with E-state index in [4.69, 9.17) is 5.11 Å². The predicted molar refractivity (Wildman–Crippen MR) is 60.9 cm³/mol. The van der Waals surface area contributed by atoms with E-state index in [-0.39, 0.29) is 12.0 Å². The molecule has 0 aromatic heterocycles. The van der Waals surface area contributed by atoms with Gasteiger partial charge < -0.3 is 5.11 Å². The van der Waals surface area contributed by atoms with Crippen LogP contribution >= 0.6 is 15.9 Å². The van der Waals surface area contributed by atoms with Crippen LogP contribution < -0.4 is 0 Å². The third-order valence-electron chi connectivity index (χ3n) is 1.87. The zero-order valence-electron chi connectivity index (χ0n) is 8.09. The van der Waals surface area contributed by atoms with E-state index in [2.05, 4.69) is 15.9 Å². The second kappa shape index (κ2) is 5.41. The fourth-order valence-electron chi connectivity index (χ4n) is 1.19. The Labute approximate surface area is 99.7 Å². The van der Waals surface area contributed by atoms with Gasteiger partial charge in [-0.15, -0.1) is 0 Å². The second-order valence-corrected chi connectivity index (χ2v) is 3.90. The third kappa shape index (κ3) is 3.47. The molecule has 0 heterocycles. The maximum atomic E-state index is 10.9. The average Bonchev–Trinajstić information content (AvgIpc) is 2.19. The van der Waals surface area contributed by atoms with E-state index in [0.717, 1.165) is 6.20 Å². The number of carboxylic acid groups (broad SMARTS) is 1. The Balaban J connectivity index is 2.95. The van der Waals surface area contributed by atoms with Crippen molar-refractivity contribution in [1.82, 2.24) is 0 Å². The average molecular weight is 286 g/mol. The van der Waals surface area contributed by atoms with Crippen molar-refractivity contribution in [2.24, 2.45) is 0 Å². The molecule has 0 aliphatic carbocycles. The Hall–Kier alpha value is -1.69. The Bertz CT molecular complexity index is 456. The van der Waals surface area contributed by atoms with Gasteiger partial charge in [0.2, 0.25) is 6.20 Å². The molecule has 1 aromatic rings. The lowest BCUT2D eigenvalue weighted by Gasteiger charge is -2.03. The van der Waals surface area contributed by atoms with Gasteiger partial charge in [-0.1, -0.05) is 22.0 Å². The molecule has 1 aromatic carbocycles. The Kier molecular flexibility index (Phi) is 4.19. The molecule has 1 rings (SSSR count). The summed E-state index contributed by atoms with van der Waals surface area (Å²) in [7, 11) is 0. The first-order chi connectivity index (χ1) is 7.50. The topological polar surface area (TPSA) is 80.4 Å². The molecular weight excluding hydrogens is 278 g/mol. The van der Waals surface area contributed by atoms with Crippen LogP contribution in [0.25, 0.3) is 0 Å². The SMILES string of the molecule is O=C(O)c1cc(Br)ccc1C/C=C/[N+](=O)[O-]. The minimum absolute atomic E-state index is 0.141. The summed E-state index contributed by atoms with van der Waals surface area (Å²) in [6.45, 7) is 0. The Morgan fingerprint density at radius 2 is 2.25 bits per heavy atom. The maximum absolute atomic E-state index is 10.9. The molecule has 1 N–H and O–H groups in total. The molecule has 0 bridgehead atoms. The quantitative estimate of drug-likeness (QED) is 0.681. The molecule has 0 fully saturated rings. The van der Waals surface area contributed by atoms with Gasteiger partial charge in [0.25, 0.3) is 0 Å². The van der Waals surface area contributed by atoms with E-state index in [9.17, 15) is 14.9 Å². The van der Waals surface area contributed by atoms with Crippen LogP contribution in [0.4, 0.5) is 0 Å². The number of carboxylic acids is 1. The summed E-state index contributed by atoms with van der Waals surface area (Å²) in [5, 5.41) is 19.0. The minimum atomic E-state index is -1.05. The van der Waals surface area contributed by atoms with Crippen LogP contribution in [-0.2, 0) is 6.42 Å². The highest BCUT2D eigenvalue weighted by atomic mass is 79.9. The molecule has 0 saturated heterocycles. The second-order valence-electron chi connectivity index (χ2n) is 2.98. The van der Waals surface area contributed by atoms with Gasteiger partial charge in [0.15, 0.2) is 0 Å². The molecule has 84 valence electrons. The molecule has 6 heteroatoms. The third-order valence-corrected chi connectivity index (χ3v) is 2.36. The van der Waals surface area contributed by atoms with Crippen LogP contribution in [0.2, 0.25) is 0 Å². The fourth-order valence-corrected chi connectivity index (χ4v) is 1.55. The highest BCUT2D eigenvalue weighted by Crippen LogP contribution is 2.17. The summed E-state index contributed by atoms with van der Waals surface area (Å²) >= 11 is 3.17. The van der Waals surface area contributed by atoms with Crippen LogP contribution in [-0.4, -0.2) is 16.0 Å². The van der Waals surface area contributed by atoms with Gasteiger partial charge in [-0.2, -0.15) is 0 Å². The summed E-state index contributed by atoms with van der Waals surface area (Å²) in [5.74, 6) is -1.05. The van der Waals surface area contributed by atoms with Gasteiger partial charge in [-0.25, -0.2) is 4.79 Å². The van der Waals surface area contributed by atoms with E-state index in [1.807, 2.05) is 0 Å². The zero-order valence-corrected chi connectivity index (χ0v) is 9.68. The highest BCUT2D eigenvalue weighted by molar-refractivity contribution is 9.10. The van der Waals surface area contributed by atoms with E-state index < -0.39 is 10.9 Å². The number of carbonyl (C=O) groups is 1. The fraction of sp³-hybridized carbons (Fsp3) is 0.100. The summed E-state index contributed by atoms with van der Waals surface area (Å²) in [6, 6.07) is 4.79. The number of rotatable bonds is 4. The van der Waals surface area contributed by atoms with Crippen molar-refractivity contribution in [2.75, 3.05) is 0 Å². The van der Waals surface area contributed by atoms with Gasteiger partial charge in [-0.05, 0) is 30.2 Å². The van der Waals surface area contributed by atoms with Crippen molar-refractivity contribution in [3.8, 4) is 0 Å². The number of allylic oxidation sites excluding steroid dienone is 1. The number of benzene rings is 1. The van der Waals surface area contributed by atoms with Gasteiger partial charge >= 0.3 is 5.97 Å². The van der Waals surface area contributed by atoms with E-state index >= 15 is 0 Å². The molecular formula is C10H8BrNO4. The molecule has 0 radical (unpaired) electrons. The monoisotopic (exact) mass is 285 g/mol. The van der Waals surface area contributed by atoms with Crippen molar-refractivity contribution < 1.29 is 14.8 Å². The first-order valence-electron chi connectivity index (χ1n) is 4.32. The lowest BCUT2D eigenvalue weighted by molar-refractivity contribution is -0.402. The summed E-state index contributed by atoms with van der Waals surface area (Å²) in [6.07, 6.45) is 2.33. The molecule has 0 saturated carbocycles. The minimum Gasteiger partial charge on any atom is -0.478 e. The maximum Gasteiger partial charge on any atom is 0.336 e. The Morgan fingerprint density at radius 3 is 2.81 bits per heavy atom. The van der Waals surface area contributed by atoms with Crippen molar-refractivity contribution in [3.63, 3.8) is 0 Å². The van der Waals surface area contributed by atoms with Crippen LogP contribution in [0.1, 0.15) is 15.9 Å².